The number of amides is 1. The second-order valence-corrected chi connectivity index (χ2v) is 4.36. The van der Waals surface area contributed by atoms with E-state index in [1.54, 1.807) is 0 Å². The summed E-state index contributed by atoms with van der Waals surface area (Å²) < 4.78 is 5.33. The van der Waals surface area contributed by atoms with E-state index in [1.165, 1.54) is 6.92 Å². The van der Waals surface area contributed by atoms with Gasteiger partial charge in [-0.15, -0.1) is 0 Å². The van der Waals surface area contributed by atoms with Crippen LogP contribution in [-0.2, 0) is 14.3 Å². The molecule has 1 aliphatic heterocycles. The van der Waals surface area contributed by atoms with Gasteiger partial charge >= 0.3 is 0 Å². The zero-order valence-electron chi connectivity index (χ0n) is 8.25. The van der Waals surface area contributed by atoms with Crippen LogP contribution in [0.15, 0.2) is 0 Å². The van der Waals surface area contributed by atoms with Crippen molar-refractivity contribution in [3.63, 3.8) is 0 Å². The van der Waals surface area contributed by atoms with E-state index >= 15 is 0 Å². The molecule has 14 heavy (non-hydrogen) atoms. The van der Waals surface area contributed by atoms with Gasteiger partial charge in [0.05, 0.1) is 5.75 Å². The first-order chi connectivity index (χ1) is 6.68. The number of rotatable bonds is 3. The fourth-order valence-electron chi connectivity index (χ4n) is 1.24. The van der Waals surface area contributed by atoms with E-state index in [9.17, 15) is 9.59 Å². The van der Waals surface area contributed by atoms with E-state index in [4.69, 9.17) is 4.74 Å². The Bertz CT molecular complexity index is 214. The van der Waals surface area contributed by atoms with Crippen molar-refractivity contribution in [2.45, 2.75) is 32.4 Å². The van der Waals surface area contributed by atoms with Gasteiger partial charge in [0.15, 0.2) is 5.12 Å². The maximum absolute atomic E-state index is 11.3. The van der Waals surface area contributed by atoms with Crippen LogP contribution >= 0.6 is 11.8 Å². The van der Waals surface area contributed by atoms with E-state index < -0.39 is 0 Å². The highest BCUT2D eigenvalue weighted by atomic mass is 32.2. The molecular weight excluding hydrogens is 202 g/mol. The molecule has 1 N–H and O–H groups in total. The highest BCUT2D eigenvalue weighted by molar-refractivity contribution is 8.14. The summed E-state index contributed by atoms with van der Waals surface area (Å²) in [5.74, 6) is 0.0620. The highest BCUT2D eigenvalue weighted by Gasteiger charge is 2.16. The van der Waals surface area contributed by atoms with Gasteiger partial charge in [-0.05, 0) is 19.3 Å². The smallest absolute Gasteiger partial charge is 0.232 e. The summed E-state index contributed by atoms with van der Waals surface area (Å²) in [6.45, 7) is 2.17. The molecular formula is C9H15NO3S. The highest BCUT2D eigenvalue weighted by Crippen LogP contribution is 2.10. The maximum Gasteiger partial charge on any atom is 0.232 e. The van der Waals surface area contributed by atoms with E-state index in [-0.39, 0.29) is 23.0 Å². The Morgan fingerprint density at radius 2 is 2.29 bits per heavy atom. The van der Waals surface area contributed by atoms with Crippen LogP contribution in [0.2, 0.25) is 0 Å². The van der Waals surface area contributed by atoms with Crippen LogP contribution < -0.4 is 5.32 Å². The Morgan fingerprint density at radius 1 is 1.50 bits per heavy atom. The van der Waals surface area contributed by atoms with Gasteiger partial charge in [0.25, 0.3) is 0 Å². The van der Waals surface area contributed by atoms with Crippen LogP contribution in [0.3, 0.4) is 0 Å². The lowest BCUT2D eigenvalue weighted by atomic mass is 10.2. The summed E-state index contributed by atoms with van der Waals surface area (Å²) in [5, 5.41) is 2.70. The predicted molar refractivity (Wildman–Crippen MR) is 54.9 cm³/mol. The molecule has 1 aliphatic rings. The van der Waals surface area contributed by atoms with E-state index in [1.807, 2.05) is 0 Å². The van der Waals surface area contributed by atoms with Gasteiger partial charge in [-0.2, -0.15) is 0 Å². The average Bonchev–Trinajstić information content (AvgIpc) is 2.16. The number of hydrogen-bond acceptors (Lipinski definition) is 4. The SMILES string of the molecule is CC(=O)SCC(=O)NC1CCCCO1. The number of carbonyl (C=O) groups excluding carboxylic acids is 2. The quantitative estimate of drug-likeness (QED) is 0.763. The molecule has 1 unspecified atom stereocenters. The second kappa shape index (κ2) is 6.03. The molecule has 0 aromatic carbocycles. The fourth-order valence-corrected chi connectivity index (χ4v) is 1.66. The van der Waals surface area contributed by atoms with Crippen molar-refractivity contribution in [3.05, 3.63) is 0 Å². The van der Waals surface area contributed by atoms with Gasteiger partial charge in [-0.1, -0.05) is 11.8 Å². The molecule has 1 atom stereocenters. The molecule has 0 bridgehead atoms. The van der Waals surface area contributed by atoms with Gasteiger partial charge < -0.3 is 10.1 Å². The van der Waals surface area contributed by atoms with Crippen molar-refractivity contribution in [2.24, 2.45) is 0 Å². The molecule has 1 heterocycles. The molecule has 80 valence electrons. The van der Waals surface area contributed by atoms with Crippen LogP contribution in [0.5, 0.6) is 0 Å². The van der Waals surface area contributed by atoms with Crippen LogP contribution in [-0.4, -0.2) is 29.6 Å². The molecule has 0 saturated carbocycles. The number of thioether (sulfide) groups is 1. The Kier molecular flexibility index (Phi) is 4.97. The molecule has 0 aliphatic carbocycles. The van der Waals surface area contributed by atoms with E-state index in [0.29, 0.717) is 6.61 Å². The fraction of sp³-hybridized carbons (Fsp3) is 0.778. The van der Waals surface area contributed by atoms with Gasteiger partial charge in [0.1, 0.15) is 6.23 Å². The first kappa shape index (κ1) is 11.5. The molecule has 0 aromatic heterocycles. The molecule has 0 radical (unpaired) electrons. The van der Waals surface area contributed by atoms with E-state index in [0.717, 1.165) is 31.0 Å². The molecule has 1 saturated heterocycles. The average molecular weight is 217 g/mol. The minimum atomic E-state index is -0.149. The third-order valence-corrected chi connectivity index (χ3v) is 2.72. The van der Waals surface area contributed by atoms with Crippen LogP contribution in [0.1, 0.15) is 26.2 Å². The number of hydrogen-bond donors (Lipinski definition) is 1. The van der Waals surface area contributed by atoms with E-state index in [2.05, 4.69) is 5.32 Å². The minimum absolute atomic E-state index is 0.0373. The van der Waals surface area contributed by atoms with Crippen molar-refractivity contribution in [1.29, 1.82) is 0 Å². The van der Waals surface area contributed by atoms with Crippen molar-refractivity contribution < 1.29 is 14.3 Å². The maximum atomic E-state index is 11.3. The summed E-state index contributed by atoms with van der Waals surface area (Å²) in [5.41, 5.74) is 0. The van der Waals surface area contributed by atoms with Gasteiger partial charge in [-0.3, -0.25) is 9.59 Å². The summed E-state index contributed by atoms with van der Waals surface area (Å²) in [7, 11) is 0. The Labute approximate surface area is 87.8 Å². The van der Waals surface area contributed by atoms with Crippen molar-refractivity contribution in [2.75, 3.05) is 12.4 Å². The zero-order chi connectivity index (χ0) is 10.4. The standard InChI is InChI=1S/C9H15NO3S/c1-7(11)14-6-8(12)10-9-4-2-3-5-13-9/h9H,2-6H2,1H3,(H,10,12). The number of ether oxygens (including phenoxy) is 1. The Balaban J connectivity index is 2.15. The largest absolute Gasteiger partial charge is 0.359 e. The predicted octanol–water partition coefficient (Wildman–Crippen LogP) is 0.909. The van der Waals surface area contributed by atoms with Crippen LogP contribution in [0.4, 0.5) is 0 Å². The lowest BCUT2D eigenvalue weighted by Gasteiger charge is -2.23. The summed E-state index contributed by atoms with van der Waals surface area (Å²) in [6.07, 6.45) is 2.87. The summed E-state index contributed by atoms with van der Waals surface area (Å²) in [4.78, 5) is 21.8. The molecule has 1 amide bonds. The minimum Gasteiger partial charge on any atom is -0.359 e. The lowest BCUT2D eigenvalue weighted by molar-refractivity contribution is -0.124. The first-order valence-corrected chi connectivity index (χ1v) is 5.71. The normalized spacial score (nSPS) is 21.6. The molecule has 0 spiro atoms. The molecule has 1 fully saturated rings. The van der Waals surface area contributed by atoms with Crippen LogP contribution in [0.25, 0.3) is 0 Å². The summed E-state index contributed by atoms with van der Waals surface area (Å²) >= 11 is 1.02. The third kappa shape index (κ3) is 4.62. The van der Waals surface area contributed by atoms with Gasteiger partial charge in [0.2, 0.25) is 5.91 Å². The third-order valence-electron chi connectivity index (χ3n) is 1.91. The lowest BCUT2D eigenvalue weighted by Crippen LogP contribution is -2.39. The van der Waals surface area contributed by atoms with Crippen molar-refractivity contribution in [1.82, 2.24) is 5.32 Å². The van der Waals surface area contributed by atoms with Crippen molar-refractivity contribution in [3.8, 4) is 0 Å². The summed E-state index contributed by atoms with van der Waals surface area (Å²) in [6, 6.07) is 0. The Morgan fingerprint density at radius 3 is 2.86 bits per heavy atom. The number of nitrogens with one attached hydrogen (secondary N) is 1. The second-order valence-electron chi connectivity index (χ2n) is 3.20. The number of carbonyl (C=O) groups is 2. The first-order valence-electron chi connectivity index (χ1n) is 4.73. The Hall–Kier alpha value is -0.550. The topological polar surface area (TPSA) is 55.4 Å². The molecule has 4 nitrogen and oxygen atoms in total. The molecule has 0 aromatic rings. The van der Waals surface area contributed by atoms with Gasteiger partial charge in [-0.25, -0.2) is 0 Å². The molecule has 1 rings (SSSR count). The van der Waals surface area contributed by atoms with Gasteiger partial charge in [0, 0.05) is 13.5 Å². The van der Waals surface area contributed by atoms with Crippen LogP contribution in [0, 0.1) is 0 Å². The monoisotopic (exact) mass is 217 g/mol. The zero-order valence-corrected chi connectivity index (χ0v) is 9.06. The van der Waals surface area contributed by atoms with Crippen molar-refractivity contribution >= 4 is 22.8 Å². The molecule has 5 heteroatoms.